The van der Waals surface area contributed by atoms with Crippen LogP contribution in [0.15, 0.2) is 42.5 Å². The molecule has 0 saturated heterocycles. The number of ether oxygens (including phenoxy) is 1. The van der Waals surface area contributed by atoms with Gasteiger partial charge in [0.05, 0.1) is 47.4 Å². The van der Waals surface area contributed by atoms with E-state index in [0.717, 1.165) is 31.4 Å². The molecule has 2 aliphatic rings. The van der Waals surface area contributed by atoms with Crippen molar-refractivity contribution in [2.75, 3.05) is 6.54 Å². The molecule has 15 nitrogen and oxygen atoms in total. The van der Waals surface area contributed by atoms with Crippen LogP contribution >= 0.6 is 11.6 Å². The second kappa shape index (κ2) is 20.7. The van der Waals surface area contributed by atoms with Gasteiger partial charge < -0.3 is 36.8 Å². The minimum absolute atomic E-state index is 0.0394. The van der Waals surface area contributed by atoms with Crippen molar-refractivity contribution in [2.24, 2.45) is 23.5 Å². The highest BCUT2D eigenvalue weighted by molar-refractivity contribution is 6.38. The van der Waals surface area contributed by atoms with Gasteiger partial charge in [-0.1, -0.05) is 62.4 Å². The third-order valence-electron chi connectivity index (χ3n) is 10.5. The number of primary amides is 1. The summed E-state index contributed by atoms with van der Waals surface area (Å²) in [6.45, 7) is 6.50. The van der Waals surface area contributed by atoms with Crippen LogP contribution in [0.5, 0.6) is 0 Å². The van der Waals surface area contributed by atoms with E-state index in [1.807, 2.05) is 20.8 Å². The Hall–Kier alpha value is -5.22. The molecule has 7 N–H and O–H groups in total. The smallest absolute Gasteiger partial charge is 0.338 e. The Labute approximate surface area is 347 Å². The highest BCUT2D eigenvalue weighted by Crippen LogP contribution is 2.39. The van der Waals surface area contributed by atoms with Gasteiger partial charge in [0.15, 0.2) is 5.78 Å². The maximum atomic E-state index is 15.2. The van der Waals surface area contributed by atoms with Crippen LogP contribution in [0.4, 0.5) is 4.39 Å². The number of ketones is 2. The fourth-order valence-electron chi connectivity index (χ4n) is 7.86. The van der Waals surface area contributed by atoms with Crippen molar-refractivity contribution in [2.45, 2.75) is 115 Å². The summed E-state index contributed by atoms with van der Waals surface area (Å²) in [4.78, 5) is 105. The van der Waals surface area contributed by atoms with Crippen LogP contribution in [-0.4, -0.2) is 82.5 Å². The molecule has 0 radical (unpaired) electrons. The number of Topliss-reactive ketones (excluding diaryl/α,β-unsaturated/α-hetero) is 2. The molecule has 6 atom stereocenters. The molecule has 0 bridgehead atoms. The third-order valence-corrected chi connectivity index (χ3v) is 10.8. The van der Waals surface area contributed by atoms with E-state index in [1.54, 1.807) is 19.1 Å². The number of nitrogens with two attached hydrogens (primary N) is 1. The number of amides is 5. The van der Waals surface area contributed by atoms with Gasteiger partial charge in [-0.3, -0.25) is 33.6 Å². The summed E-state index contributed by atoms with van der Waals surface area (Å²) in [5.74, 6) is -11.3. The fraction of sp³-hybridized carbons (Fsp3) is 0.524. The zero-order valence-corrected chi connectivity index (χ0v) is 34.4. The number of aromatic carboxylic acids is 1. The zero-order chi connectivity index (χ0) is 43.6. The molecular formula is C42H53ClFN5O10. The van der Waals surface area contributed by atoms with E-state index in [4.69, 9.17) is 22.1 Å². The molecule has 4 rings (SSSR count). The number of carbonyl (C=O) groups is 8. The molecule has 0 aromatic heterocycles. The van der Waals surface area contributed by atoms with Crippen LogP contribution in [0.1, 0.15) is 118 Å². The van der Waals surface area contributed by atoms with Crippen LogP contribution in [0.3, 0.4) is 0 Å². The van der Waals surface area contributed by atoms with Gasteiger partial charge >= 0.3 is 5.97 Å². The summed E-state index contributed by atoms with van der Waals surface area (Å²) in [7, 11) is 0. The Balaban J connectivity index is 1.53. The number of carboxylic acids is 1. The average Bonchev–Trinajstić information content (AvgIpc) is 3.60. The van der Waals surface area contributed by atoms with E-state index in [2.05, 4.69) is 21.3 Å². The van der Waals surface area contributed by atoms with Crippen LogP contribution in [0, 0.1) is 23.6 Å². The van der Waals surface area contributed by atoms with E-state index < -0.39 is 112 Å². The molecule has 2 aromatic rings. The molecule has 0 spiro atoms. The van der Waals surface area contributed by atoms with Crippen molar-refractivity contribution in [3.8, 4) is 0 Å². The van der Waals surface area contributed by atoms with Gasteiger partial charge in [0.2, 0.25) is 23.5 Å². The van der Waals surface area contributed by atoms with E-state index in [-0.39, 0.29) is 25.2 Å². The van der Waals surface area contributed by atoms with Crippen LogP contribution in [-0.2, 0) is 33.5 Å². The van der Waals surface area contributed by atoms with Crippen molar-refractivity contribution < 1.29 is 52.6 Å². The maximum absolute atomic E-state index is 15.2. The molecule has 5 amide bonds. The number of halogens is 2. The summed E-state index contributed by atoms with van der Waals surface area (Å²) < 4.78 is 21.4. The van der Waals surface area contributed by atoms with Gasteiger partial charge in [-0.25, -0.2) is 9.18 Å². The lowest BCUT2D eigenvalue weighted by Gasteiger charge is -2.33. The van der Waals surface area contributed by atoms with E-state index >= 15 is 4.39 Å². The summed E-state index contributed by atoms with van der Waals surface area (Å²) in [6, 6.07) is 5.72. The molecule has 2 fully saturated rings. The molecular weight excluding hydrogens is 789 g/mol. The van der Waals surface area contributed by atoms with Crippen molar-refractivity contribution in [3.63, 3.8) is 0 Å². The number of nitrogens with one attached hydrogen (secondary N) is 4. The highest BCUT2D eigenvalue weighted by Gasteiger charge is 2.48. The number of hydrogen-bond donors (Lipinski definition) is 6. The first kappa shape index (κ1) is 46.5. The van der Waals surface area contributed by atoms with Crippen molar-refractivity contribution in [1.29, 1.82) is 0 Å². The first-order valence-electron chi connectivity index (χ1n) is 19.8. The molecule has 0 heterocycles. The van der Waals surface area contributed by atoms with E-state index in [1.165, 1.54) is 18.2 Å². The lowest BCUT2D eigenvalue weighted by atomic mass is 9.77. The zero-order valence-electron chi connectivity index (χ0n) is 33.6. The Morgan fingerprint density at radius 1 is 0.915 bits per heavy atom. The lowest BCUT2D eigenvalue weighted by Crippen LogP contribution is -2.53. The van der Waals surface area contributed by atoms with Crippen molar-refractivity contribution in [3.05, 3.63) is 70.0 Å². The standard InChI is InChI=1S/C42H53ClFN5O10/c1-5-11-30(36(52)40(56)46-21-31(50)48-34(37(45)53)23-14-9-15-24(43)18-23)47-39(55)29-20-25(59-42(2,3)4)19-28(29)35(51)33(22-12-7-6-8-13-22)49-38(54)26-16-10-17-27(32(26)44)41(57)58/h9-10,14-18,22,25,28-30,33-34H,5-8,11-13,19-21H2,1-4H3,(H2,45,53)(H,46,56)(H,47,55)(H,48,50)(H,49,54)(H,57,58)/t25-,28?,29+,30?,33-,34?/m0/s1. The molecule has 320 valence electrons. The Bertz CT molecular complexity index is 1930. The van der Waals surface area contributed by atoms with Crippen molar-refractivity contribution in [1.82, 2.24) is 21.3 Å². The second-order valence-electron chi connectivity index (χ2n) is 16.1. The van der Waals surface area contributed by atoms with Gasteiger partial charge in [0.1, 0.15) is 11.9 Å². The summed E-state index contributed by atoms with van der Waals surface area (Å²) in [5, 5.41) is 19.7. The SMILES string of the molecule is CCCC(NC(=O)[C@@H]1C[C@@H](OC(C)(C)C)CC1C(=O)[C@@H](NC(=O)c1cccc(C(=O)O)c1F)C1CCCCC1)C(=O)C(=O)NCC(=O)NC(C(N)=O)c1cccc(Cl)c1. The maximum Gasteiger partial charge on any atom is 0.338 e. The van der Waals surface area contributed by atoms with Crippen molar-refractivity contribution >= 4 is 58.7 Å². The normalized spacial score (nSPS) is 19.7. The molecule has 0 aliphatic heterocycles. The summed E-state index contributed by atoms with van der Waals surface area (Å²) in [6.07, 6.45) is 3.61. The molecule has 2 saturated carbocycles. The Morgan fingerprint density at radius 2 is 1.56 bits per heavy atom. The molecule has 3 unspecified atom stereocenters. The summed E-state index contributed by atoms with van der Waals surface area (Å²) in [5.41, 5.74) is 3.87. The predicted octanol–water partition coefficient (Wildman–Crippen LogP) is 3.95. The van der Waals surface area contributed by atoms with Crippen LogP contribution in [0.2, 0.25) is 5.02 Å². The van der Waals surface area contributed by atoms with Gasteiger partial charge in [-0.05, 0) is 88.6 Å². The number of hydrogen-bond acceptors (Lipinski definition) is 9. The van der Waals surface area contributed by atoms with Crippen LogP contribution in [0.25, 0.3) is 0 Å². The molecule has 59 heavy (non-hydrogen) atoms. The quantitative estimate of drug-likeness (QED) is 0.118. The highest BCUT2D eigenvalue weighted by atomic mass is 35.5. The van der Waals surface area contributed by atoms with Gasteiger partial charge in [0.25, 0.3) is 11.8 Å². The summed E-state index contributed by atoms with van der Waals surface area (Å²) >= 11 is 6.00. The number of carboxylic acid groups (broad SMARTS) is 1. The van der Waals surface area contributed by atoms with Gasteiger partial charge in [0, 0.05) is 10.9 Å². The van der Waals surface area contributed by atoms with Crippen LogP contribution < -0.4 is 27.0 Å². The largest absolute Gasteiger partial charge is 0.478 e. The first-order chi connectivity index (χ1) is 27.8. The first-order valence-corrected chi connectivity index (χ1v) is 20.2. The molecule has 2 aromatic carbocycles. The monoisotopic (exact) mass is 841 g/mol. The minimum Gasteiger partial charge on any atom is -0.478 e. The minimum atomic E-state index is -1.56. The lowest BCUT2D eigenvalue weighted by molar-refractivity contribution is -0.141. The molecule has 2 aliphatic carbocycles. The predicted molar refractivity (Wildman–Crippen MR) is 213 cm³/mol. The van der Waals surface area contributed by atoms with Gasteiger partial charge in [-0.15, -0.1) is 0 Å². The number of rotatable bonds is 18. The molecule has 17 heteroatoms. The number of carbonyl (C=O) groups excluding carboxylic acids is 7. The Kier molecular flexibility index (Phi) is 16.3. The third kappa shape index (κ3) is 12.6. The Morgan fingerprint density at radius 3 is 2.17 bits per heavy atom. The fourth-order valence-corrected chi connectivity index (χ4v) is 8.06. The topological polar surface area (TPSA) is 240 Å². The number of benzene rings is 2. The van der Waals surface area contributed by atoms with E-state index in [0.29, 0.717) is 29.8 Å². The average molecular weight is 842 g/mol. The second-order valence-corrected chi connectivity index (χ2v) is 16.6. The van der Waals surface area contributed by atoms with E-state index in [9.17, 15) is 43.5 Å². The van der Waals surface area contributed by atoms with Gasteiger partial charge in [-0.2, -0.15) is 0 Å².